The van der Waals surface area contributed by atoms with Crippen molar-refractivity contribution in [3.05, 3.63) is 0 Å². The van der Waals surface area contributed by atoms with Crippen molar-refractivity contribution in [2.75, 3.05) is 19.7 Å². The summed E-state index contributed by atoms with van der Waals surface area (Å²) in [5, 5.41) is 8.55. The Kier molecular flexibility index (Phi) is 5.04. The van der Waals surface area contributed by atoms with E-state index in [-0.39, 0.29) is 25.1 Å². The first-order valence-electron chi connectivity index (χ1n) is 5.48. The molecule has 1 aliphatic heterocycles. The summed E-state index contributed by atoms with van der Waals surface area (Å²) in [7, 11) is 0. The van der Waals surface area contributed by atoms with Gasteiger partial charge in [-0.05, 0) is 6.42 Å². The molecule has 0 saturated carbocycles. The summed E-state index contributed by atoms with van der Waals surface area (Å²) in [5.74, 6) is -0.286. The lowest BCUT2D eigenvalue weighted by atomic mass is 10.1. The molecule has 0 aromatic carbocycles. The smallest absolute Gasteiger partial charge is 0.314 e. The van der Waals surface area contributed by atoms with E-state index in [0.717, 1.165) is 0 Å². The largest absolute Gasteiger partial charge is 0.462 e. The quantitative estimate of drug-likeness (QED) is 0.656. The fourth-order valence-electron chi connectivity index (χ4n) is 1.66. The van der Waals surface area contributed by atoms with Crippen molar-refractivity contribution in [3.63, 3.8) is 0 Å². The number of aliphatic hydroxyl groups is 1. The number of hydrogen-bond donors (Lipinski definition) is 2. The predicted octanol–water partition coefficient (Wildman–Crippen LogP) is -0.155. The molecular weight excluding hydrogens is 212 g/mol. The maximum absolute atomic E-state index is 11.2. The number of urea groups is 1. The Bertz CT molecular complexity index is 249. The molecule has 0 atom stereocenters. The summed E-state index contributed by atoms with van der Waals surface area (Å²) in [6, 6.07) is -0.426. The molecule has 1 saturated heterocycles. The van der Waals surface area contributed by atoms with Crippen LogP contribution in [0.3, 0.4) is 0 Å². The normalized spacial score (nSPS) is 17.2. The van der Waals surface area contributed by atoms with Gasteiger partial charge in [0.2, 0.25) is 0 Å². The molecule has 1 heterocycles. The Morgan fingerprint density at radius 1 is 1.38 bits per heavy atom. The molecule has 0 aromatic heterocycles. The van der Waals surface area contributed by atoms with Gasteiger partial charge in [-0.2, -0.15) is 0 Å². The van der Waals surface area contributed by atoms with E-state index in [1.165, 1.54) is 4.90 Å². The SMILES string of the molecule is NC(=O)N1CCC(OC(=O)CCCO)CC1. The van der Waals surface area contributed by atoms with Gasteiger partial charge in [-0.1, -0.05) is 0 Å². The van der Waals surface area contributed by atoms with Crippen LogP contribution >= 0.6 is 0 Å². The Morgan fingerprint density at radius 3 is 2.50 bits per heavy atom. The van der Waals surface area contributed by atoms with Crippen molar-refractivity contribution >= 4 is 12.0 Å². The highest BCUT2D eigenvalue weighted by atomic mass is 16.5. The fourth-order valence-corrected chi connectivity index (χ4v) is 1.66. The highest BCUT2D eigenvalue weighted by molar-refractivity contribution is 5.72. The fraction of sp³-hybridized carbons (Fsp3) is 0.800. The van der Waals surface area contributed by atoms with E-state index >= 15 is 0 Å². The first kappa shape index (κ1) is 12.8. The lowest BCUT2D eigenvalue weighted by Gasteiger charge is -2.30. The van der Waals surface area contributed by atoms with Crippen LogP contribution in [-0.4, -0.2) is 47.8 Å². The number of primary amides is 1. The van der Waals surface area contributed by atoms with Gasteiger partial charge >= 0.3 is 12.0 Å². The van der Waals surface area contributed by atoms with Gasteiger partial charge in [-0.25, -0.2) is 4.79 Å². The number of amides is 2. The number of hydrogen-bond acceptors (Lipinski definition) is 4. The van der Waals surface area contributed by atoms with Crippen molar-refractivity contribution in [1.82, 2.24) is 4.90 Å². The van der Waals surface area contributed by atoms with Gasteiger partial charge in [0, 0.05) is 39.0 Å². The molecule has 6 nitrogen and oxygen atoms in total. The van der Waals surface area contributed by atoms with Crippen LogP contribution in [0, 0.1) is 0 Å². The highest BCUT2D eigenvalue weighted by Gasteiger charge is 2.23. The second kappa shape index (κ2) is 6.32. The Morgan fingerprint density at radius 2 is 2.00 bits per heavy atom. The van der Waals surface area contributed by atoms with Crippen LogP contribution < -0.4 is 5.73 Å². The van der Waals surface area contributed by atoms with Crippen molar-refractivity contribution in [1.29, 1.82) is 0 Å². The van der Waals surface area contributed by atoms with Gasteiger partial charge in [0.15, 0.2) is 0 Å². The standard InChI is InChI=1S/C10H18N2O4/c11-10(15)12-5-3-8(4-6-12)16-9(14)2-1-7-13/h8,13H,1-7H2,(H2,11,15). The molecule has 0 unspecified atom stereocenters. The number of rotatable bonds is 4. The molecule has 0 aliphatic carbocycles. The minimum atomic E-state index is -0.426. The maximum atomic E-state index is 11.2. The van der Waals surface area contributed by atoms with Crippen molar-refractivity contribution in [3.8, 4) is 0 Å². The first-order valence-corrected chi connectivity index (χ1v) is 5.48. The van der Waals surface area contributed by atoms with Gasteiger partial charge in [0.1, 0.15) is 6.10 Å². The molecule has 1 rings (SSSR count). The maximum Gasteiger partial charge on any atom is 0.314 e. The van der Waals surface area contributed by atoms with Gasteiger partial charge in [0.25, 0.3) is 0 Å². The zero-order chi connectivity index (χ0) is 12.0. The van der Waals surface area contributed by atoms with E-state index in [0.29, 0.717) is 32.4 Å². The molecule has 0 aromatic rings. The summed E-state index contributed by atoms with van der Waals surface area (Å²) in [5.41, 5.74) is 5.13. The summed E-state index contributed by atoms with van der Waals surface area (Å²) in [6.07, 6.45) is 1.81. The van der Waals surface area contributed by atoms with Crippen molar-refractivity contribution < 1.29 is 19.4 Å². The van der Waals surface area contributed by atoms with Crippen LogP contribution in [0.15, 0.2) is 0 Å². The van der Waals surface area contributed by atoms with Crippen LogP contribution in [0.5, 0.6) is 0 Å². The van der Waals surface area contributed by atoms with Crippen LogP contribution in [0.25, 0.3) is 0 Å². The van der Waals surface area contributed by atoms with Gasteiger partial charge in [-0.15, -0.1) is 0 Å². The molecule has 2 amide bonds. The number of nitrogens with zero attached hydrogens (tertiary/aromatic N) is 1. The molecule has 1 fully saturated rings. The lowest BCUT2D eigenvalue weighted by Crippen LogP contribution is -2.43. The van der Waals surface area contributed by atoms with E-state index in [9.17, 15) is 9.59 Å². The molecule has 0 spiro atoms. The Balaban J connectivity index is 2.21. The lowest BCUT2D eigenvalue weighted by molar-refractivity contribution is -0.151. The molecule has 0 bridgehead atoms. The average Bonchev–Trinajstić information content (AvgIpc) is 2.27. The zero-order valence-corrected chi connectivity index (χ0v) is 9.22. The van der Waals surface area contributed by atoms with Gasteiger partial charge in [-0.3, -0.25) is 4.79 Å². The number of esters is 1. The highest BCUT2D eigenvalue weighted by Crippen LogP contribution is 2.14. The Labute approximate surface area is 94.3 Å². The van der Waals surface area contributed by atoms with Gasteiger partial charge < -0.3 is 20.5 Å². The summed E-state index contributed by atoms with van der Waals surface area (Å²) in [4.78, 5) is 23.6. The monoisotopic (exact) mass is 230 g/mol. The van der Waals surface area contributed by atoms with Crippen molar-refractivity contribution in [2.45, 2.75) is 31.8 Å². The van der Waals surface area contributed by atoms with Crippen LogP contribution in [0.1, 0.15) is 25.7 Å². The third kappa shape index (κ3) is 4.06. The van der Waals surface area contributed by atoms with Gasteiger partial charge in [0.05, 0.1) is 0 Å². The third-order valence-corrected chi connectivity index (χ3v) is 2.59. The molecule has 6 heteroatoms. The van der Waals surface area contributed by atoms with Crippen molar-refractivity contribution in [2.24, 2.45) is 5.73 Å². The number of piperidine rings is 1. The molecule has 92 valence electrons. The van der Waals surface area contributed by atoms with E-state index in [4.69, 9.17) is 15.6 Å². The average molecular weight is 230 g/mol. The second-order valence-electron chi connectivity index (χ2n) is 3.84. The topological polar surface area (TPSA) is 92.9 Å². The number of likely N-dealkylation sites (tertiary alicyclic amines) is 1. The summed E-state index contributed by atoms with van der Waals surface area (Å²) < 4.78 is 5.19. The minimum absolute atomic E-state index is 0.00474. The molecule has 16 heavy (non-hydrogen) atoms. The number of nitrogens with two attached hydrogens (primary N) is 1. The van der Waals surface area contributed by atoms with Crippen LogP contribution in [0.4, 0.5) is 4.79 Å². The second-order valence-corrected chi connectivity index (χ2v) is 3.84. The number of ether oxygens (including phenoxy) is 1. The van der Waals surface area contributed by atoms with E-state index in [1.54, 1.807) is 0 Å². The van der Waals surface area contributed by atoms with Crippen LogP contribution in [-0.2, 0) is 9.53 Å². The number of carbonyl (C=O) groups is 2. The number of aliphatic hydroxyl groups excluding tert-OH is 1. The molecule has 0 radical (unpaired) electrons. The summed E-state index contributed by atoms with van der Waals surface area (Å²) in [6.45, 7) is 1.07. The molecular formula is C10H18N2O4. The minimum Gasteiger partial charge on any atom is -0.462 e. The molecule has 1 aliphatic rings. The zero-order valence-electron chi connectivity index (χ0n) is 9.22. The van der Waals surface area contributed by atoms with Crippen LogP contribution in [0.2, 0.25) is 0 Å². The first-order chi connectivity index (χ1) is 7.63. The molecule has 3 N–H and O–H groups in total. The van der Waals surface area contributed by atoms with E-state index in [2.05, 4.69) is 0 Å². The van der Waals surface area contributed by atoms with E-state index in [1.807, 2.05) is 0 Å². The predicted molar refractivity (Wildman–Crippen MR) is 56.6 cm³/mol. The van der Waals surface area contributed by atoms with E-state index < -0.39 is 6.03 Å². The Hall–Kier alpha value is -1.30. The number of carbonyl (C=O) groups excluding carboxylic acids is 2. The third-order valence-electron chi connectivity index (χ3n) is 2.59. The summed E-state index contributed by atoms with van der Waals surface area (Å²) >= 11 is 0.